The highest BCUT2D eigenvalue weighted by Crippen LogP contribution is 2.38. The molecule has 18 heteroatoms. The molecule has 2 atom stereocenters. The number of nitrogens with one attached hydrogen (secondary N) is 4. The van der Waals surface area contributed by atoms with E-state index in [0.717, 1.165) is 77.4 Å². The maximum absolute atomic E-state index is 12.7. The second-order valence-corrected chi connectivity index (χ2v) is 21.3. The molecule has 6 aromatic carbocycles. The number of fused-ring (bicyclic) bond motifs is 2. The van der Waals surface area contributed by atoms with Gasteiger partial charge in [0.2, 0.25) is 0 Å². The molecule has 0 fully saturated rings. The highest BCUT2D eigenvalue weighted by molar-refractivity contribution is 6.32. The van der Waals surface area contributed by atoms with E-state index in [1.54, 1.807) is 62.2 Å². The quantitative estimate of drug-likeness (QED) is 0.0278. The SMILES string of the molecule is C/N=C/c1cncc(COc2cc(OCc3cccc(-c4cccc(COc5cc(OCc6cncc(C#N)c6)c(CNC(Cc6c[nH]c7ccccc67)C(=O)O)cc5Cl)c4C)c3C)c(Cl)cc2CNC(Cc2c[nH]c3ccccc23)C(=O)O)c1. The topological polar surface area (TPSA) is 229 Å². The molecule has 0 saturated carbocycles. The number of aliphatic imine (C=N–C) groups is 1. The molecule has 2 unspecified atom stereocenters. The number of nitriles is 1. The lowest BCUT2D eigenvalue weighted by Gasteiger charge is -2.20. The van der Waals surface area contributed by atoms with E-state index in [9.17, 15) is 25.1 Å². The molecule has 0 radical (unpaired) electrons. The number of H-pyrrole nitrogens is 2. The number of aromatic amines is 2. The second kappa shape index (κ2) is 27.3. The summed E-state index contributed by atoms with van der Waals surface area (Å²) >= 11 is 14.0. The van der Waals surface area contributed by atoms with Crippen molar-refractivity contribution in [2.24, 2.45) is 4.99 Å². The van der Waals surface area contributed by atoms with Crippen LogP contribution in [0.3, 0.4) is 0 Å². The lowest BCUT2D eigenvalue weighted by atomic mass is 9.92. The van der Waals surface area contributed by atoms with Crippen molar-refractivity contribution in [3.63, 3.8) is 0 Å². The Balaban J connectivity index is 0.855. The van der Waals surface area contributed by atoms with Crippen molar-refractivity contribution in [1.82, 2.24) is 30.6 Å². The Morgan fingerprint density at radius 2 is 1.06 bits per heavy atom. The van der Waals surface area contributed by atoms with Gasteiger partial charge in [0.1, 0.15) is 67.6 Å². The van der Waals surface area contributed by atoms with Crippen LogP contribution in [-0.4, -0.2) is 67.4 Å². The van der Waals surface area contributed by atoms with Gasteiger partial charge in [-0.3, -0.25) is 35.2 Å². The number of carboxylic acids is 2. The van der Waals surface area contributed by atoms with E-state index in [4.69, 9.17) is 42.1 Å². The third-order valence-corrected chi connectivity index (χ3v) is 15.4. The van der Waals surface area contributed by atoms with Crippen LogP contribution in [0.2, 0.25) is 10.0 Å². The van der Waals surface area contributed by atoms with E-state index >= 15 is 0 Å². The summed E-state index contributed by atoms with van der Waals surface area (Å²) in [6.07, 6.45) is 12.4. The molecule has 6 N–H and O–H groups in total. The Morgan fingerprint density at radius 3 is 1.54 bits per heavy atom. The number of hydrogen-bond acceptors (Lipinski definition) is 12. The number of carboxylic acid groups (broad SMARTS) is 2. The Kier molecular flexibility index (Phi) is 18.8. The van der Waals surface area contributed by atoms with Gasteiger partial charge in [-0.15, -0.1) is 0 Å². The Morgan fingerprint density at radius 1 is 0.588 bits per heavy atom. The summed E-state index contributed by atoms with van der Waals surface area (Å²) in [5.41, 5.74) is 13.3. The highest BCUT2D eigenvalue weighted by Gasteiger charge is 2.24. The maximum Gasteiger partial charge on any atom is 0.321 e. The predicted octanol–water partition coefficient (Wildman–Crippen LogP) is 12.8. The molecule has 85 heavy (non-hydrogen) atoms. The van der Waals surface area contributed by atoms with E-state index in [2.05, 4.69) is 53.8 Å². The predicted molar refractivity (Wildman–Crippen MR) is 329 cm³/mol. The molecule has 0 aliphatic rings. The lowest BCUT2D eigenvalue weighted by Crippen LogP contribution is -2.38. The summed E-state index contributed by atoms with van der Waals surface area (Å²) in [4.78, 5) is 44.4. The minimum absolute atomic E-state index is 0.0689. The number of carbonyl (C=O) groups is 2. The summed E-state index contributed by atoms with van der Waals surface area (Å²) < 4.78 is 25.8. The molecule has 0 aliphatic heterocycles. The molecule has 0 saturated heterocycles. The minimum atomic E-state index is -1.01. The number of nitrogens with zero attached hydrogens (tertiary/aromatic N) is 4. The normalized spacial score (nSPS) is 12.1. The molecule has 4 heterocycles. The van der Waals surface area contributed by atoms with Gasteiger partial charge in [0.15, 0.2) is 0 Å². The summed E-state index contributed by atoms with van der Waals surface area (Å²) in [6, 6.07) is 38.4. The number of aromatic nitrogens is 4. The average Bonchev–Trinajstić information content (AvgIpc) is 4.31. The molecule has 0 spiro atoms. The minimum Gasteiger partial charge on any atom is -0.488 e. The van der Waals surface area contributed by atoms with Gasteiger partial charge in [0, 0.05) is 138 Å². The van der Waals surface area contributed by atoms with Gasteiger partial charge in [0.05, 0.1) is 15.6 Å². The first-order chi connectivity index (χ1) is 41.3. The van der Waals surface area contributed by atoms with Gasteiger partial charge in [-0.1, -0.05) is 96.0 Å². The van der Waals surface area contributed by atoms with Crippen LogP contribution in [-0.2, 0) is 61.9 Å². The molecule has 0 amide bonds. The molecule has 430 valence electrons. The van der Waals surface area contributed by atoms with Crippen LogP contribution in [0.15, 0.2) is 164 Å². The molecule has 4 aromatic heterocycles. The number of aliphatic carboxylic acids is 2. The zero-order chi connectivity index (χ0) is 59.4. The van der Waals surface area contributed by atoms with E-state index in [1.165, 1.54) is 6.20 Å². The largest absolute Gasteiger partial charge is 0.488 e. The van der Waals surface area contributed by atoms with E-state index in [0.29, 0.717) is 55.3 Å². The van der Waals surface area contributed by atoms with Crippen LogP contribution in [0, 0.1) is 25.2 Å². The van der Waals surface area contributed by atoms with Gasteiger partial charge in [-0.05, 0) is 94.8 Å². The summed E-state index contributed by atoms with van der Waals surface area (Å²) in [5, 5.41) is 39.2. The summed E-state index contributed by atoms with van der Waals surface area (Å²) in [5.74, 6) is -0.398. The van der Waals surface area contributed by atoms with Crippen molar-refractivity contribution in [2.75, 3.05) is 7.05 Å². The Labute approximate surface area is 501 Å². The molecular formula is C67H60Cl2N8O8. The van der Waals surface area contributed by atoms with Crippen molar-refractivity contribution in [1.29, 1.82) is 5.26 Å². The number of halogens is 2. The number of rotatable bonds is 26. The van der Waals surface area contributed by atoms with E-state index < -0.39 is 24.0 Å². The molecular weight excluding hydrogens is 1120 g/mol. The average molecular weight is 1180 g/mol. The fourth-order valence-electron chi connectivity index (χ4n) is 10.2. The first-order valence-electron chi connectivity index (χ1n) is 27.4. The molecule has 16 nitrogen and oxygen atoms in total. The van der Waals surface area contributed by atoms with E-state index in [1.807, 2.05) is 105 Å². The van der Waals surface area contributed by atoms with Crippen molar-refractivity contribution in [3.8, 4) is 40.2 Å². The number of ether oxygens (including phenoxy) is 4. The van der Waals surface area contributed by atoms with Gasteiger partial charge < -0.3 is 39.1 Å². The Hall–Kier alpha value is -9.50. The van der Waals surface area contributed by atoms with Crippen molar-refractivity contribution in [3.05, 3.63) is 235 Å². The first-order valence-corrected chi connectivity index (χ1v) is 28.1. The molecule has 0 bridgehead atoms. The third kappa shape index (κ3) is 14.3. The fourth-order valence-corrected chi connectivity index (χ4v) is 10.7. The fraction of sp³-hybridized carbons (Fsp3) is 0.194. The van der Waals surface area contributed by atoms with Crippen molar-refractivity contribution >= 4 is 63.2 Å². The number of hydrogen-bond donors (Lipinski definition) is 6. The van der Waals surface area contributed by atoms with Crippen LogP contribution in [0.4, 0.5) is 0 Å². The van der Waals surface area contributed by atoms with Crippen molar-refractivity contribution in [2.45, 2.75) is 78.3 Å². The highest BCUT2D eigenvalue weighted by atomic mass is 35.5. The Bertz CT molecular complexity index is 4140. The second-order valence-electron chi connectivity index (χ2n) is 20.5. The standard InChI is InChI=1S/C67H60Cl2N8O8/c1-40-46(38-84-64-24-62(82-36-44-18-42(26-70)28-72-30-44)50(20-56(64)68)34-76-60(66(78)79)22-48-32-74-58-16-6-4-12-54(48)58)10-8-14-52(40)53-15-9-11-47(41(53)2)39-85-65-25-63(83-37-45-19-43(27-71-3)29-73-31-45)51(21-57(65)69)35-77-61(67(80)81)23-49-33-75-59-17-7-5-13-55(49)59/h4-21,24-25,27-33,60-61,74-77H,22-23,34-39H2,1-3H3,(H,78,79)(H,80,81)/b71-27+. The van der Waals surface area contributed by atoms with Crippen LogP contribution >= 0.6 is 23.2 Å². The molecule has 10 rings (SSSR count). The van der Waals surface area contributed by atoms with Gasteiger partial charge in [-0.2, -0.15) is 5.26 Å². The monoisotopic (exact) mass is 1170 g/mol. The first kappa shape index (κ1) is 58.7. The molecule has 0 aliphatic carbocycles. The van der Waals surface area contributed by atoms with Crippen LogP contribution in [0.5, 0.6) is 23.0 Å². The summed E-state index contributed by atoms with van der Waals surface area (Å²) in [6.45, 7) is 4.89. The smallest absolute Gasteiger partial charge is 0.321 e. The van der Waals surface area contributed by atoms with Gasteiger partial charge >= 0.3 is 11.9 Å². The number of pyridine rings is 2. The van der Waals surface area contributed by atoms with Crippen LogP contribution in [0.1, 0.15) is 66.8 Å². The number of benzene rings is 6. The zero-order valence-corrected chi connectivity index (χ0v) is 48.3. The van der Waals surface area contributed by atoms with Crippen molar-refractivity contribution < 1.29 is 38.7 Å². The third-order valence-electron chi connectivity index (χ3n) is 14.9. The van der Waals surface area contributed by atoms with Crippen LogP contribution in [0.25, 0.3) is 32.9 Å². The zero-order valence-electron chi connectivity index (χ0n) is 46.8. The van der Waals surface area contributed by atoms with Gasteiger partial charge in [0.25, 0.3) is 0 Å². The number of para-hydroxylation sites is 2. The van der Waals surface area contributed by atoms with Crippen LogP contribution < -0.4 is 29.6 Å². The lowest BCUT2D eigenvalue weighted by molar-refractivity contribution is -0.140. The van der Waals surface area contributed by atoms with E-state index in [-0.39, 0.29) is 52.4 Å². The van der Waals surface area contributed by atoms with Gasteiger partial charge in [-0.25, -0.2) is 0 Å². The summed E-state index contributed by atoms with van der Waals surface area (Å²) in [7, 11) is 1.69. The molecule has 10 aromatic rings. The maximum atomic E-state index is 12.7.